The quantitative estimate of drug-likeness (QED) is 0.597. The Morgan fingerprint density at radius 2 is 1.85 bits per heavy atom. The molecule has 3 rings (SSSR count). The molecule has 0 saturated carbocycles. The van der Waals surface area contributed by atoms with Gasteiger partial charge in [-0.3, -0.25) is 9.59 Å². The molecule has 176 valence electrons. The Morgan fingerprint density at radius 3 is 2.55 bits per heavy atom. The first-order valence-electron chi connectivity index (χ1n) is 11.1. The van der Waals surface area contributed by atoms with Crippen LogP contribution in [-0.4, -0.2) is 55.2 Å². The van der Waals surface area contributed by atoms with Crippen LogP contribution < -0.4 is 15.5 Å². The van der Waals surface area contributed by atoms with Crippen molar-refractivity contribution in [3.8, 4) is 0 Å². The molecule has 2 N–H and O–H groups in total. The van der Waals surface area contributed by atoms with E-state index >= 15 is 0 Å². The number of hydrogen-bond donors (Lipinski definition) is 2. The van der Waals surface area contributed by atoms with E-state index in [1.807, 2.05) is 47.6 Å². The zero-order chi connectivity index (χ0) is 23.8. The molecular weight excluding hydrogens is 436 g/mol. The minimum Gasteiger partial charge on any atom is -0.341 e. The van der Waals surface area contributed by atoms with E-state index in [0.29, 0.717) is 24.5 Å². The molecule has 0 unspecified atom stereocenters. The number of urea groups is 1. The van der Waals surface area contributed by atoms with E-state index in [9.17, 15) is 14.4 Å². The van der Waals surface area contributed by atoms with Gasteiger partial charge in [0.05, 0.1) is 6.54 Å². The van der Waals surface area contributed by atoms with Crippen molar-refractivity contribution >= 4 is 41.0 Å². The Balaban J connectivity index is 1.63. The minimum atomic E-state index is -0.473. The van der Waals surface area contributed by atoms with Gasteiger partial charge in [-0.2, -0.15) is 0 Å². The van der Waals surface area contributed by atoms with Crippen LogP contribution in [-0.2, 0) is 9.59 Å². The van der Waals surface area contributed by atoms with E-state index in [1.54, 1.807) is 30.0 Å². The Morgan fingerprint density at radius 1 is 1.09 bits per heavy atom. The van der Waals surface area contributed by atoms with Gasteiger partial charge >= 0.3 is 6.03 Å². The second-order valence-corrected chi connectivity index (χ2v) is 9.82. The summed E-state index contributed by atoms with van der Waals surface area (Å²) in [6, 6.07) is 16.1. The zero-order valence-electron chi connectivity index (χ0n) is 19.5. The maximum Gasteiger partial charge on any atom is 0.319 e. The van der Waals surface area contributed by atoms with Crippen molar-refractivity contribution in [2.45, 2.75) is 31.6 Å². The first-order chi connectivity index (χ1) is 15.8. The van der Waals surface area contributed by atoms with Gasteiger partial charge in [-0.25, -0.2) is 4.79 Å². The lowest BCUT2D eigenvalue weighted by atomic mass is 9.84. The van der Waals surface area contributed by atoms with Crippen molar-refractivity contribution in [3.05, 3.63) is 54.6 Å². The van der Waals surface area contributed by atoms with Gasteiger partial charge in [0.1, 0.15) is 6.54 Å². The summed E-state index contributed by atoms with van der Waals surface area (Å²) >= 11 is 1.58. The molecular formula is C25H32N4O3S. The van der Waals surface area contributed by atoms with Crippen molar-refractivity contribution < 1.29 is 14.4 Å². The number of nitrogens with zero attached hydrogens (tertiary/aromatic N) is 2. The smallest absolute Gasteiger partial charge is 0.319 e. The van der Waals surface area contributed by atoms with E-state index in [1.165, 1.54) is 4.90 Å². The molecule has 7 nitrogen and oxygen atoms in total. The van der Waals surface area contributed by atoms with Crippen LogP contribution in [0.5, 0.6) is 0 Å². The standard InChI is InChI=1S/C25H32N4O3S/c1-25(2)13-8-14-28(18-25)23(31)17-29(20-10-5-4-6-11-20)22(30)16-26-24(32)27-19-9-7-12-21(15-19)33-3/h4-7,9-12,15H,8,13-14,16-18H2,1-3H3,(H2,26,27,32). The predicted molar refractivity (Wildman–Crippen MR) is 134 cm³/mol. The normalized spacial score (nSPS) is 14.9. The zero-order valence-corrected chi connectivity index (χ0v) is 20.3. The number of amides is 4. The number of carbonyl (C=O) groups excluding carboxylic acids is 3. The summed E-state index contributed by atoms with van der Waals surface area (Å²) in [6.45, 7) is 5.42. The summed E-state index contributed by atoms with van der Waals surface area (Å²) in [7, 11) is 0. The van der Waals surface area contributed by atoms with Crippen LogP contribution in [0.15, 0.2) is 59.5 Å². The maximum atomic E-state index is 13.1. The molecule has 4 amide bonds. The molecule has 2 aromatic rings. The number of rotatable bonds is 7. The molecule has 0 aliphatic carbocycles. The highest BCUT2D eigenvalue weighted by Gasteiger charge is 2.30. The second kappa shape index (κ2) is 11.2. The lowest BCUT2D eigenvalue weighted by Crippen LogP contribution is -2.50. The molecule has 1 fully saturated rings. The van der Waals surface area contributed by atoms with Crippen LogP contribution in [0.1, 0.15) is 26.7 Å². The lowest BCUT2D eigenvalue weighted by Gasteiger charge is -2.39. The minimum absolute atomic E-state index is 0.0575. The Bertz CT molecular complexity index is 981. The van der Waals surface area contributed by atoms with Crippen LogP contribution in [0.4, 0.5) is 16.2 Å². The Hall–Kier alpha value is -3.00. The Kier molecular flexibility index (Phi) is 8.38. The van der Waals surface area contributed by atoms with Gasteiger partial charge in [0.25, 0.3) is 0 Å². The average molecular weight is 469 g/mol. The molecule has 2 aromatic carbocycles. The highest BCUT2D eigenvalue weighted by atomic mass is 32.2. The fourth-order valence-electron chi connectivity index (χ4n) is 3.93. The SMILES string of the molecule is CSc1cccc(NC(=O)NCC(=O)N(CC(=O)N2CCCC(C)(C)C2)c2ccccc2)c1. The topological polar surface area (TPSA) is 81.8 Å². The second-order valence-electron chi connectivity index (χ2n) is 8.94. The van der Waals surface area contributed by atoms with Crippen molar-refractivity contribution in [2.24, 2.45) is 5.41 Å². The third-order valence-corrected chi connectivity index (χ3v) is 6.37. The third kappa shape index (κ3) is 7.25. The van der Waals surface area contributed by atoms with Crippen LogP contribution in [0, 0.1) is 5.41 Å². The van der Waals surface area contributed by atoms with E-state index in [2.05, 4.69) is 24.5 Å². The molecule has 0 radical (unpaired) electrons. The average Bonchev–Trinajstić information content (AvgIpc) is 2.81. The number of carbonyl (C=O) groups is 3. The number of piperidine rings is 1. The van der Waals surface area contributed by atoms with Crippen molar-refractivity contribution in [1.29, 1.82) is 0 Å². The highest BCUT2D eigenvalue weighted by Crippen LogP contribution is 2.28. The molecule has 8 heteroatoms. The van der Waals surface area contributed by atoms with Gasteiger partial charge < -0.3 is 20.4 Å². The molecule has 1 saturated heterocycles. The molecule has 0 atom stereocenters. The van der Waals surface area contributed by atoms with Crippen LogP contribution in [0.25, 0.3) is 0 Å². The monoisotopic (exact) mass is 468 g/mol. The van der Waals surface area contributed by atoms with Gasteiger partial charge in [-0.1, -0.05) is 38.1 Å². The number of thioether (sulfide) groups is 1. The summed E-state index contributed by atoms with van der Waals surface area (Å²) in [5.74, 6) is -0.433. The van der Waals surface area contributed by atoms with Crippen LogP contribution in [0.2, 0.25) is 0 Å². The fraction of sp³-hybridized carbons (Fsp3) is 0.400. The summed E-state index contributed by atoms with van der Waals surface area (Å²) in [6.07, 6.45) is 4.00. The third-order valence-electron chi connectivity index (χ3n) is 5.64. The van der Waals surface area contributed by atoms with Crippen molar-refractivity contribution in [3.63, 3.8) is 0 Å². The lowest BCUT2D eigenvalue weighted by molar-refractivity contribution is -0.134. The molecule has 1 aliphatic rings. The number of likely N-dealkylation sites (tertiary alicyclic amines) is 1. The van der Waals surface area contributed by atoms with E-state index in [4.69, 9.17) is 0 Å². The van der Waals surface area contributed by atoms with E-state index in [0.717, 1.165) is 17.7 Å². The Labute approximate surface area is 199 Å². The van der Waals surface area contributed by atoms with Crippen LogP contribution in [0.3, 0.4) is 0 Å². The van der Waals surface area contributed by atoms with Gasteiger partial charge in [0, 0.05) is 29.4 Å². The number of nitrogens with one attached hydrogen (secondary N) is 2. The van der Waals surface area contributed by atoms with Crippen LogP contribution >= 0.6 is 11.8 Å². The van der Waals surface area contributed by atoms with E-state index < -0.39 is 6.03 Å². The molecule has 0 spiro atoms. The van der Waals surface area contributed by atoms with Gasteiger partial charge in [-0.05, 0) is 54.8 Å². The van der Waals surface area contributed by atoms with Crippen molar-refractivity contribution in [1.82, 2.24) is 10.2 Å². The number of anilines is 2. The maximum absolute atomic E-state index is 13.1. The summed E-state index contributed by atoms with van der Waals surface area (Å²) in [5.41, 5.74) is 1.35. The highest BCUT2D eigenvalue weighted by molar-refractivity contribution is 7.98. The molecule has 1 heterocycles. The summed E-state index contributed by atoms with van der Waals surface area (Å²) in [4.78, 5) is 42.8. The summed E-state index contributed by atoms with van der Waals surface area (Å²) < 4.78 is 0. The number of para-hydroxylation sites is 1. The largest absolute Gasteiger partial charge is 0.341 e. The number of benzene rings is 2. The number of hydrogen-bond acceptors (Lipinski definition) is 4. The first-order valence-corrected chi connectivity index (χ1v) is 12.3. The van der Waals surface area contributed by atoms with Gasteiger partial charge in [0.2, 0.25) is 11.8 Å². The van der Waals surface area contributed by atoms with E-state index in [-0.39, 0.29) is 30.3 Å². The molecule has 0 aromatic heterocycles. The molecule has 33 heavy (non-hydrogen) atoms. The van der Waals surface area contributed by atoms with Crippen molar-refractivity contribution in [2.75, 3.05) is 42.7 Å². The molecule has 1 aliphatic heterocycles. The predicted octanol–water partition coefficient (Wildman–Crippen LogP) is 4.21. The van der Waals surface area contributed by atoms with Gasteiger partial charge in [-0.15, -0.1) is 11.8 Å². The first kappa shape index (κ1) is 24.6. The molecule has 0 bridgehead atoms. The fourth-order valence-corrected chi connectivity index (χ4v) is 4.39. The van der Waals surface area contributed by atoms with Gasteiger partial charge in [0.15, 0.2) is 0 Å². The summed E-state index contributed by atoms with van der Waals surface area (Å²) in [5, 5.41) is 5.35.